The summed E-state index contributed by atoms with van der Waals surface area (Å²) in [4.78, 5) is 25.2. The van der Waals surface area contributed by atoms with Gasteiger partial charge in [0, 0.05) is 12.0 Å². The van der Waals surface area contributed by atoms with Crippen molar-refractivity contribution in [3.8, 4) is 0 Å². The summed E-state index contributed by atoms with van der Waals surface area (Å²) in [6.07, 6.45) is 4.23. The Labute approximate surface area is 153 Å². The highest BCUT2D eigenvalue weighted by molar-refractivity contribution is 5.83. The Morgan fingerprint density at radius 1 is 1.38 bits per heavy atom. The molecule has 2 N–H and O–H groups in total. The van der Waals surface area contributed by atoms with Gasteiger partial charge in [0.05, 0.1) is 25.6 Å². The summed E-state index contributed by atoms with van der Waals surface area (Å²) < 4.78 is 11.8. The van der Waals surface area contributed by atoms with E-state index in [0.717, 1.165) is 25.2 Å². The summed E-state index contributed by atoms with van der Waals surface area (Å²) in [6.45, 7) is 10.1. The van der Waals surface area contributed by atoms with E-state index < -0.39 is 29.1 Å². The minimum absolute atomic E-state index is 0.00923. The van der Waals surface area contributed by atoms with Gasteiger partial charge in [-0.2, -0.15) is 0 Å². The Morgan fingerprint density at radius 3 is 2.73 bits per heavy atom. The molecule has 0 amide bonds. The van der Waals surface area contributed by atoms with Crippen LogP contribution in [0.5, 0.6) is 0 Å². The molecule has 0 saturated carbocycles. The van der Waals surface area contributed by atoms with E-state index in [9.17, 15) is 19.8 Å². The molecule has 0 aromatic carbocycles. The highest BCUT2D eigenvalue weighted by atomic mass is 16.6. The largest absolute Gasteiger partial charge is 0.459 e. The van der Waals surface area contributed by atoms with E-state index in [0.29, 0.717) is 10.9 Å². The third-order valence-electron chi connectivity index (χ3n) is 6.61. The number of aliphatic hydroxyl groups is 2. The molecular weight excluding hydrogens is 338 g/mol. The SMILES string of the molecule is C=CC[N+]12CC=C3COC(=O)[C@@](C)(O)[C@@](C)(O)[C@@H](C)C(=O)O[C@H](CC1)[C@@H]32. The first-order chi connectivity index (χ1) is 12.1. The van der Waals surface area contributed by atoms with Crippen molar-refractivity contribution in [2.45, 2.75) is 50.5 Å². The van der Waals surface area contributed by atoms with Crippen LogP contribution in [-0.4, -0.2) is 76.2 Å². The van der Waals surface area contributed by atoms with E-state index in [2.05, 4.69) is 6.58 Å². The molecule has 1 unspecified atom stereocenters. The lowest BCUT2D eigenvalue weighted by molar-refractivity contribution is -0.920. The second-order valence-corrected chi connectivity index (χ2v) is 8.10. The van der Waals surface area contributed by atoms with E-state index in [1.165, 1.54) is 20.8 Å². The molecule has 3 heterocycles. The van der Waals surface area contributed by atoms with Crippen LogP contribution < -0.4 is 0 Å². The first kappa shape index (κ1) is 19.1. The van der Waals surface area contributed by atoms with E-state index in [1.54, 1.807) is 0 Å². The standard InChI is InChI=1S/C19H28NO6/c1-5-8-20-9-6-13-11-25-17(22)19(4,24)18(3,23)12(2)16(21)26-14(7-10-20)15(13)20/h5-6,12,14-15,23-24H,1,7-11H2,2-4H3/q+1/t12-,14+,15+,18-,19+,20?/m0/s1. The quantitative estimate of drug-likeness (QED) is 0.415. The molecule has 0 radical (unpaired) electrons. The zero-order valence-electron chi connectivity index (χ0n) is 15.6. The van der Waals surface area contributed by atoms with Crippen molar-refractivity contribution in [1.82, 2.24) is 0 Å². The van der Waals surface area contributed by atoms with Crippen LogP contribution in [0.4, 0.5) is 0 Å². The molecular formula is C19H28NO6+. The molecule has 3 aliphatic heterocycles. The molecule has 3 aliphatic rings. The van der Waals surface area contributed by atoms with Gasteiger partial charge < -0.3 is 24.2 Å². The lowest BCUT2D eigenvalue weighted by atomic mass is 9.76. The molecule has 0 aromatic rings. The third-order valence-corrected chi connectivity index (χ3v) is 6.61. The van der Waals surface area contributed by atoms with E-state index in [1.807, 2.05) is 12.2 Å². The van der Waals surface area contributed by atoms with Gasteiger partial charge in [0.1, 0.15) is 12.2 Å². The fourth-order valence-corrected chi connectivity index (χ4v) is 4.45. The Hall–Kier alpha value is -1.70. The van der Waals surface area contributed by atoms with Gasteiger partial charge in [-0.25, -0.2) is 4.79 Å². The van der Waals surface area contributed by atoms with Gasteiger partial charge in [-0.1, -0.05) is 6.58 Å². The molecule has 7 heteroatoms. The maximum absolute atomic E-state index is 12.7. The van der Waals surface area contributed by atoms with Crippen molar-refractivity contribution in [1.29, 1.82) is 0 Å². The number of nitrogens with zero attached hydrogens (tertiary/aromatic N) is 1. The Bertz CT molecular complexity index is 667. The normalized spacial score (nSPS) is 45.9. The monoisotopic (exact) mass is 366 g/mol. The number of quaternary nitrogens is 1. The topological polar surface area (TPSA) is 93.1 Å². The maximum atomic E-state index is 12.7. The van der Waals surface area contributed by atoms with Gasteiger partial charge in [-0.3, -0.25) is 4.79 Å². The number of esters is 2. The first-order valence-electron chi connectivity index (χ1n) is 9.05. The van der Waals surface area contributed by atoms with Gasteiger partial charge in [-0.05, 0) is 32.9 Å². The average molecular weight is 366 g/mol. The summed E-state index contributed by atoms with van der Waals surface area (Å²) >= 11 is 0. The van der Waals surface area contributed by atoms with Crippen LogP contribution in [0.1, 0.15) is 27.2 Å². The van der Waals surface area contributed by atoms with E-state index >= 15 is 0 Å². The summed E-state index contributed by atoms with van der Waals surface area (Å²) in [5.41, 5.74) is -3.38. The van der Waals surface area contributed by atoms with Crippen LogP contribution in [0.25, 0.3) is 0 Å². The van der Waals surface area contributed by atoms with Crippen molar-refractivity contribution in [2.75, 3.05) is 26.2 Å². The van der Waals surface area contributed by atoms with Gasteiger partial charge in [0.2, 0.25) is 0 Å². The predicted octanol–water partition coefficient (Wildman–Crippen LogP) is 0.308. The predicted molar refractivity (Wildman–Crippen MR) is 92.8 cm³/mol. The van der Waals surface area contributed by atoms with E-state index in [-0.39, 0.29) is 18.8 Å². The molecule has 2 fully saturated rings. The molecule has 0 spiro atoms. The van der Waals surface area contributed by atoms with Gasteiger partial charge >= 0.3 is 11.9 Å². The lowest BCUT2D eigenvalue weighted by Crippen LogP contribution is -2.61. The summed E-state index contributed by atoms with van der Waals surface area (Å²) in [5, 5.41) is 21.4. The fourth-order valence-electron chi connectivity index (χ4n) is 4.45. The number of hydrogen-bond donors (Lipinski definition) is 2. The van der Waals surface area contributed by atoms with Gasteiger partial charge in [-0.15, -0.1) is 0 Å². The number of hydrogen-bond acceptors (Lipinski definition) is 6. The molecule has 2 saturated heterocycles. The minimum Gasteiger partial charge on any atom is -0.459 e. The number of cyclic esters (lactones) is 1. The van der Waals surface area contributed by atoms with Crippen LogP contribution in [0, 0.1) is 5.92 Å². The van der Waals surface area contributed by atoms with Gasteiger partial charge in [0.25, 0.3) is 0 Å². The van der Waals surface area contributed by atoms with Crippen molar-refractivity contribution in [3.05, 3.63) is 24.3 Å². The molecule has 0 bridgehead atoms. The zero-order chi connectivity index (χ0) is 19.3. The Kier molecular flexibility index (Phi) is 4.53. The Balaban J connectivity index is 1.99. The Morgan fingerprint density at radius 2 is 2.08 bits per heavy atom. The zero-order valence-corrected chi connectivity index (χ0v) is 15.6. The number of carbonyl (C=O) groups is 2. The first-order valence-corrected chi connectivity index (χ1v) is 9.05. The number of carbonyl (C=O) groups excluding carboxylic acids is 2. The van der Waals surface area contributed by atoms with Crippen LogP contribution in [0.15, 0.2) is 24.3 Å². The van der Waals surface area contributed by atoms with Crippen molar-refractivity contribution < 1.29 is 33.8 Å². The van der Waals surface area contributed by atoms with Crippen LogP contribution in [0.3, 0.4) is 0 Å². The summed E-state index contributed by atoms with van der Waals surface area (Å²) in [6, 6.07) is -0.0926. The summed E-state index contributed by atoms with van der Waals surface area (Å²) in [7, 11) is 0. The molecule has 6 atom stereocenters. The highest BCUT2D eigenvalue weighted by Crippen LogP contribution is 2.41. The van der Waals surface area contributed by atoms with Crippen LogP contribution >= 0.6 is 0 Å². The van der Waals surface area contributed by atoms with Crippen LogP contribution in [0.2, 0.25) is 0 Å². The molecule has 7 nitrogen and oxygen atoms in total. The van der Waals surface area contributed by atoms with Crippen molar-refractivity contribution >= 4 is 11.9 Å². The van der Waals surface area contributed by atoms with Crippen molar-refractivity contribution in [2.24, 2.45) is 5.92 Å². The smallest absolute Gasteiger partial charge is 0.341 e. The lowest BCUT2D eigenvalue weighted by Gasteiger charge is -2.39. The fraction of sp³-hybridized carbons (Fsp3) is 0.684. The molecule has 144 valence electrons. The summed E-state index contributed by atoms with van der Waals surface area (Å²) in [5.74, 6) is -2.67. The second kappa shape index (κ2) is 6.18. The average Bonchev–Trinajstić information content (AvgIpc) is 3.09. The third kappa shape index (κ3) is 2.61. The van der Waals surface area contributed by atoms with Crippen molar-refractivity contribution in [3.63, 3.8) is 0 Å². The van der Waals surface area contributed by atoms with Crippen LogP contribution in [-0.2, 0) is 19.1 Å². The van der Waals surface area contributed by atoms with Gasteiger partial charge in [0.15, 0.2) is 17.7 Å². The molecule has 0 aliphatic carbocycles. The molecule has 26 heavy (non-hydrogen) atoms. The molecule has 0 aromatic heterocycles. The number of ether oxygens (including phenoxy) is 2. The van der Waals surface area contributed by atoms with E-state index in [4.69, 9.17) is 9.47 Å². The highest BCUT2D eigenvalue weighted by Gasteiger charge is 2.59. The maximum Gasteiger partial charge on any atom is 0.341 e. The molecule has 3 rings (SSSR count). The second-order valence-electron chi connectivity index (χ2n) is 8.10. The minimum atomic E-state index is -2.24. The number of rotatable bonds is 2.